The van der Waals surface area contributed by atoms with Gasteiger partial charge < -0.3 is 19.7 Å². The summed E-state index contributed by atoms with van der Waals surface area (Å²) in [6.07, 6.45) is 2.95. The van der Waals surface area contributed by atoms with Crippen LogP contribution in [0.15, 0.2) is 48.5 Å². The molecule has 29 heavy (non-hydrogen) atoms. The lowest BCUT2D eigenvalue weighted by atomic mass is 10.1. The first-order valence-corrected chi connectivity index (χ1v) is 10.1. The van der Waals surface area contributed by atoms with Crippen molar-refractivity contribution < 1.29 is 19.1 Å². The molecular weight excluding hydrogens is 368 g/mol. The van der Waals surface area contributed by atoms with Gasteiger partial charge in [-0.05, 0) is 55.0 Å². The van der Waals surface area contributed by atoms with Crippen molar-refractivity contribution in [1.29, 1.82) is 0 Å². The van der Waals surface area contributed by atoms with E-state index in [9.17, 15) is 9.59 Å². The SMILES string of the molecule is COc1cccc(C2CC2C(=O)Nc2cccc(OCC(=O)N3CCCC3)c2)c1. The minimum absolute atomic E-state index is 0.00288. The highest BCUT2D eigenvalue weighted by Crippen LogP contribution is 2.48. The van der Waals surface area contributed by atoms with Crippen molar-refractivity contribution in [2.24, 2.45) is 5.92 Å². The van der Waals surface area contributed by atoms with E-state index in [2.05, 4.69) is 5.32 Å². The van der Waals surface area contributed by atoms with Gasteiger partial charge in [0.15, 0.2) is 6.61 Å². The van der Waals surface area contributed by atoms with Crippen molar-refractivity contribution in [1.82, 2.24) is 4.90 Å². The summed E-state index contributed by atoms with van der Waals surface area (Å²) < 4.78 is 10.9. The average molecular weight is 394 g/mol. The Kier molecular flexibility index (Phi) is 5.69. The number of nitrogens with zero attached hydrogens (tertiary/aromatic N) is 1. The lowest BCUT2D eigenvalue weighted by Crippen LogP contribution is -2.32. The van der Waals surface area contributed by atoms with Crippen LogP contribution in [-0.2, 0) is 9.59 Å². The zero-order valence-electron chi connectivity index (χ0n) is 16.6. The van der Waals surface area contributed by atoms with E-state index in [1.807, 2.05) is 41.3 Å². The molecule has 1 saturated heterocycles. The first kappa shape index (κ1) is 19.3. The molecular formula is C23H26N2O4. The molecule has 1 saturated carbocycles. The Morgan fingerprint density at radius 3 is 2.62 bits per heavy atom. The number of anilines is 1. The molecule has 0 radical (unpaired) electrons. The quantitative estimate of drug-likeness (QED) is 0.781. The maximum Gasteiger partial charge on any atom is 0.260 e. The summed E-state index contributed by atoms with van der Waals surface area (Å²) in [4.78, 5) is 26.6. The molecule has 0 aromatic heterocycles. The molecule has 6 heteroatoms. The normalized spacial score (nSPS) is 20.2. The second-order valence-electron chi connectivity index (χ2n) is 7.62. The largest absolute Gasteiger partial charge is 0.497 e. The Balaban J connectivity index is 1.31. The van der Waals surface area contributed by atoms with Crippen molar-refractivity contribution in [3.8, 4) is 11.5 Å². The van der Waals surface area contributed by atoms with Crippen LogP contribution in [0.1, 0.15) is 30.7 Å². The third kappa shape index (κ3) is 4.70. The number of likely N-dealkylation sites (tertiary alicyclic amines) is 1. The van der Waals surface area contributed by atoms with Gasteiger partial charge >= 0.3 is 0 Å². The number of amides is 2. The van der Waals surface area contributed by atoms with Crippen LogP contribution in [-0.4, -0.2) is 43.5 Å². The van der Waals surface area contributed by atoms with Crippen molar-refractivity contribution >= 4 is 17.5 Å². The molecule has 2 aromatic rings. The second kappa shape index (κ2) is 8.55. The second-order valence-corrected chi connectivity index (χ2v) is 7.62. The number of benzene rings is 2. The van der Waals surface area contributed by atoms with Crippen molar-refractivity contribution in [3.63, 3.8) is 0 Å². The summed E-state index contributed by atoms with van der Waals surface area (Å²) in [6.45, 7) is 1.65. The molecule has 152 valence electrons. The maximum absolute atomic E-state index is 12.6. The Morgan fingerprint density at radius 2 is 1.83 bits per heavy atom. The monoisotopic (exact) mass is 394 g/mol. The first-order valence-electron chi connectivity index (χ1n) is 10.1. The molecule has 2 aliphatic rings. The van der Waals surface area contributed by atoms with E-state index in [1.165, 1.54) is 0 Å². The van der Waals surface area contributed by atoms with Crippen molar-refractivity contribution in [3.05, 3.63) is 54.1 Å². The lowest BCUT2D eigenvalue weighted by Gasteiger charge is -2.15. The molecule has 2 unspecified atom stereocenters. The first-order chi connectivity index (χ1) is 14.1. The van der Waals surface area contributed by atoms with Crippen LogP contribution in [0.4, 0.5) is 5.69 Å². The predicted octanol–water partition coefficient (Wildman–Crippen LogP) is 3.44. The molecule has 6 nitrogen and oxygen atoms in total. The van der Waals surface area contributed by atoms with Crippen LogP contribution in [0.25, 0.3) is 0 Å². The van der Waals surface area contributed by atoms with Crippen LogP contribution < -0.4 is 14.8 Å². The molecule has 2 aromatic carbocycles. The van der Waals surface area contributed by atoms with Gasteiger partial charge in [0.05, 0.1) is 7.11 Å². The molecule has 2 amide bonds. The summed E-state index contributed by atoms with van der Waals surface area (Å²) in [5, 5.41) is 2.97. The van der Waals surface area contributed by atoms with E-state index in [1.54, 1.807) is 19.2 Å². The molecule has 1 aliphatic carbocycles. The molecule has 1 heterocycles. The van der Waals surface area contributed by atoms with E-state index < -0.39 is 0 Å². The van der Waals surface area contributed by atoms with E-state index in [4.69, 9.17) is 9.47 Å². The Labute approximate surface area is 170 Å². The van der Waals surface area contributed by atoms with Gasteiger partial charge in [0.25, 0.3) is 5.91 Å². The number of carbonyl (C=O) groups is 2. The van der Waals surface area contributed by atoms with Gasteiger partial charge in [-0.25, -0.2) is 0 Å². The number of methoxy groups -OCH3 is 1. The summed E-state index contributed by atoms with van der Waals surface area (Å²) in [5.41, 5.74) is 1.81. The van der Waals surface area contributed by atoms with Gasteiger partial charge in [0.1, 0.15) is 11.5 Å². The van der Waals surface area contributed by atoms with E-state index >= 15 is 0 Å². The highest BCUT2D eigenvalue weighted by Gasteiger charge is 2.44. The van der Waals surface area contributed by atoms with Gasteiger partial charge in [-0.3, -0.25) is 9.59 Å². The molecule has 2 atom stereocenters. The van der Waals surface area contributed by atoms with E-state index in [-0.39, 0.29) is 30.3 Å². The van der Waals surface area contributed by atoms with E-state index in [0.29, 0.717) is 11.4 Å². The summed E-state index contributed by atoms with van der Waals surface area (Å²) in [5.74, 6) is 1.59. The Hall–Kier alpha value is -3.02. The van der Waals surface area contributed by atoms with Crippen LogP contribution in [0, 0.1) is 5.92 Å². The zero-order valence-corrected chi connectivity index (χ0v) is 16.6. The molecule has 4 rings (SSSR count). The number of carbonyl (C=O) groups excluding carboxylic acids is 2. The molecule has 0 spiro atoms. The highest BCUT2D eigenvalue weighted by molar-refractivity contribution is 5.95. The summed E-state index contributed by atoms with van der Waals surface area (Å²) in [6, 6.07) is 15.1. The van der Waals surface area contributed by atoms with E-state index in [0.717, 1.165) is 43.7 Å². The number of hydrogen-bond acceptors (Lipinski definition) is 4. The number of rotatable bonds is 7. The standard InChI is InChI=1S/C23H26N2O4/c1-28-18-8-4-6-16(12-18)20-14-21(20)23(27)24-17-7-5-9-19(13-17)29-15-22(26)25-10-2-3-11-25/h4-9,12-13,20-21H,2-3,10-11,14-15H2,1H3,(H,24,27). The smallest absolute Gasteiger partial charge is 0.260 e. The van der Waals surface area contributed by atoms with Gasteiger partial charge in [0, 0.05) is 30.8 Å². The molecule has 0 bridgehead atoms. The predicted molar refractivity (Wildman–Crippen MR) is 110 cm³/mol. The van der Waals surface area contributed by atoms with Crippen LogP contribution >= 0.6 is 0 Å². The van der Waals surface area contributed by atoms with Gasteiger partial charge in [-0.15, -0.1) is 0 Å². The average Bonchev–Trinajstić information content (AvgIpc) is 3.37. The fourth-order valence-electron chi connectivity index (χ4n) is 3.83. The lowest BCUT2D eigenvalue weighted by molar-refractivity contribution is -0.132. The third-order valence-corrected chi connectivity index (χ3v) is 5.57. The molecule has 1 aliphatic heterocycles. The Bertz CT molecular complexity index is 892. The third-order valence-electron chi connectivity index (χ3n) is 5.57. The van der Waals surface area contributed by atoms with Gasteiger partial charge in [-0.1, -0.05) is 18.2 Å². The molecule has 1 N–H and O–H groups in total. The fourth-order valence-corrected chi connectivity index (χ4v) is 3.83. The van der Waals surface area contributed by atoms with Crippen LogP contribution in [0.5, 0.6) is 11.5 Å². The number of ether oxygens (including phenoxy) is 2. The topological polar surface area (TPSA) is 67.9 Å². The fraction of sp³-hybridized carbons (Fsp3) is 0.391. The maximum atomic E-state index is 12.6. The van der Waals surface area contributed by atoms with Crippen molar-refractivity contribution in [2.75, 3.05) is 32.1 Å². The minimum atomic E-state index is -0.0385. The summed E-state index contributed by atoms with van der Waals surface area (Å²) >= 11 is 0. The highest BCUT2D eigenvalue weighted by atomic mass is 16.5. The Morgan fingerprint density at radius 1 is 1.07 bits per heavy atom. The number of hydrogen-bond donors (Lipinski definition) is 1. The van der Waals surface area contributed by atoms with Gasteiger partial charge in [-0.2, -0.15) is 0 Å². The zero-order chi connectivity index (χ0) is 20.2. The van der Waals surface area contributed by atoms with Crippen LogP contribution in [0.2, 0.25) is 0 Å². The summed E-state index contributed by atoms with van der Waals surface area (Å²) in [7, 11) is 1.64. The van der Waals surface area contributed by atoms with Crippen LogP contribution in [0.3, 0.4) is 0 Å². The molecule has 2 fully saturated rings. The number of nitrogens with one attached hydrogen (secondary N) is 1. The van der Waals surface area contributed by atoms with Crippen molar-refractivity contribution in [2.45, 2.75) is 25.2 Å². The van der Waals surface area contributed by atoms with Gasteiger partial charge in [0.2, 0.25) is 5.91 Å². The minimum Gasteiger partial charge on any atom is -0.497 e.